The van der Waals surface area contributed by atoms with Crippen molar-refractivity contribution in [1.29, 1.82) is 0 Å². The molecule has 0 bridgehead atoms. The molecule has 0 fully saturated rings. The Bertz CT molecular complexity index is 136. The molecule has 0 aromatic heterocycles. The van der Waals surface area contributed by atoms with Crippen LogP contribution in [0.5, 0.6) is 0 Å². The summed E-state index contributed by atoms with van der Waals surface area (Å²) in [6, 6.07) is 0. The van der Waals surface area contributed by atoms with Crippen LogP contribution in [0.3, 0.4) is 0 Å². The molecule has 0 atom stereocenters. The standard InChI is InChI=1S/C2H13NO6P2/c1-10(4,5,6)3-11(2,7,8)9/h3-9H,1-2H3. The SMILES string of the molecule is CP(O)(O)(O)NP(C)(O)(O)O. The number of rotatable bonds is 2. The minimum atomic E-state index is -5.26. The molecule has 11 heavy (non-hydrogen) atoms. The van der Waals surface area contributed by atoms with Crippen molar-refractivity contribution in [3.8, 4) is 0 Å². The van der Waals surface area contributed by atoms with Crippen LogP contribution in [0.15, 0.2) is 0 Å². The van der Waals surface area contributed by atoms with Crippen LogP contribution in [-0.2, 0) is 0 Å². The van der Waals surface area contributed by atoms with Gasteiger partial charge in [-0.1, -0.05) is 0 Å². The van der Waals surface area contributed by atoms with Gasteiger partial charge in [-0.25, -0.2) is 0 Å². The topological polar surface area (TPSA) is 133 Å². The predicted molar refractivity (Wildman–Crippen MR) is 42.1 cm³/mol. The Morgan fingerprint density at radius 2 is 0.909 bits per heavy atom. The monoisotopic (exact) mass is 209 g/mol. The van der Waals surface area contributed by atoms with E-state index in [9.17, 15) is 0 Å². The van der Waals surface area contributed by atoms with Gasteiger partial charge in [0.1, 0.15) is 0 Å². The third-order valence-corrected chi connectivity index (χ3v) is 4.21. The summed E-state index contributed by atoms with van der Waals surface area (Å²) in [5.41, 5.74) is 0. The fraction of sp³-hybridized carbons (Fsp3) is 1.00. The first kappa shape index (κ1) is 11.6. The third kappa shape index (κ3) is 10.6. The van der Waals surface area contributed by atoms with Gasteiger partial charge >= 0.3 is 62.4 Å². The van der Waals surface area contributed by atoms with Crippen LogP contribution in [0.4, 0.5) is 0 Å². The molecule has 0 unspecified atom stereocenters. The Hall–Kier alpha value is 0.580. The molecule has 0 aliphatic rings. The van der Waals surface area contributed by atoms with E-state index < -0.39 is 14.9 Å². The molecule has 0 saturated heterocycles. The quantitative estimate of drug-likeness (QED) is 0.267. The second kappa shape index (κ2) is 2.09. The zero-order valence-corrected chi connectivity index (χ0v) is 7.87. The molecular formula is C2H13NO6P2. The van der Waals surface area contributed by atoms with Gasteiger partial charge in [0.25, 0.3) is 0 Å². The predicted octanol–water partition coefficient (Wildman–Crippen LogP) is -1.78. The van der Waals surface area contributed by atoms with E-state index >= 15 is 0 Å². The molecule has 0 radical (unpaired) electrons. The fourth-order valence-corrected chi connectivity index (χ4v) is 4.93. The van der Waals surface area contributed by atoms with E-state index in [0.29, 0.717) is 13.3 Å². The van der Waals surface area contributed by atoms with Crippen LogP contribution >= 0.6 is 14.9 Å². The van der Waals surface area contributed by atoms with Crippen LogP contribution in [0.2, 0.25) is 0 Å². The van der Waals surface area contributed by atoms with E-state index in [4.69, 9.17) is 29.4 Å². The molecule has 7 nitrogen and oxygen atoms in total. The molecule has 0 heterocycles. The maximum absolute atomic E-state index is 8.67. The van der Waals surface area contributed by atoms with E-state index in [-0.39, 0.29) is 0 Å². The van der Waals surface area contributed by atoms with Crippen molar-refractivity contribution in [3.05, 3.63) is 0 Å². The maximum atomic E-state index is 8.67. The summed E-state index contributed by atoms with van der Waals surface area (Å²) in [6.07, 6.45) is 0. The summed E-state index contributed by atoms with van der Waals surface area (Å²) < 4.78 is 0. The molecular weight excluding hydrogens is 196 g/mol. The zero-order chi connectivity index (χ0) is 9.60. The number of hydrogen-bond acceptors (Lipinski definition) is 7. The Morgan fingerprint density at radius 3 is 0.909 bits per heavy atom. The van der Waals surface area contributed by atoms with Crippen LogP contribution in [-0.4, -0.2) is 42.7 Å². The van der Waals surface area contributed by atoms with Gasteiger partial charge in [0.2, 0.25) is 0 Å². The molecule has 0 aliphatic heterocycles. The first-order chi connectivity index (χ1) is 4.21. The summed E-state index contributed by atoms with van der Waals surface area (Å²) >= 11 is 0. The van der Waals surface area contributed by atoms with Crippen molar-refractivity contribution in [2.45, 2.75) is 0 Å². The fourth-order valence-electron chi connectivity index (χ4n) is 0.548. The first-order valence-corrected chi connectivity index (χ1v) is 7.62. The van der Waals surface area contributed by atoms with Crippen LogP contribution in [0.1, 0.15) is 0 Å². The Kier molecular flexibility index (Phi) is 2.19. The van der Waals surface area contributed by atoms with Gasteiger partial charge in [-0.15, -0.1) is 0 Å². The normalized spacial score (nSPS) is 21.5. The van der Waals surface area contributed by atoms with E-state index in [2.05, 4.69) is 0 Å². The van der Waals surface area contributed by atoms with Crippen LogP contribution in [0.25, 0.3) is 0 Å². The van der Waals surface area contributed by atoms with Gasteiger partial charge in [-0.2, -0.15) is 0 Å². The van der Waals surface area contributed by atoms with Crippen molar-refractivity contribution in [2.75, 3.05) is 13.3 Å². The van der Waals surface area contributed by atoms with Crippen molar-refractivity contribution >= 4 is 14.9 Å². The molecule has 0 spiro atoms. The molecule has 0 saturated carbocycles. The molecule has 7 N–H and O–H groups in total. The Labute approximate surface area is 63.4 Å². The van der Waals surface area contributed by atoms with Gasteiger partial charge in [0, 0.05) is 0 Å². The van der Waals surface area contributed by atoms with Crippen LogP contribution in [0, 0.1) is 0 Å². The van der Waals surface area contributed by atoms with Crippen molar-refractivity contribution in [1.82, 2.24) is 4.86 Å². The van der Waals surface area contributed by atoms with Gasteiger partial charge in [0.15, 0.2) is 0 Å². The summed E-state index contributed by atoms with van der Waals surface area (Å²) in [5, 5.41) is 0. The average Bonchev–Trinajstić information content (AvgIpc) is 1.04. The summed E-state index contributed by atoms with van der Waals surface area (Å²) in [7, 11) is -10.5. The minimum absolute atomic E-state index is 0.555. The van der Waals surface area contributed by atoms with E-state index in [1.54, 1.807) is 0 Å². The Morgan fingerprint density at radius 1 is 0.727 bits per heavy atom. The second-order valence-electron chi connectivity index (χ2n) is 2.88. The van der Waals surface area contributed by atoms with Crippen molar-refractivity contribution in [2.24, 2.45) is 0 Å². The van der Waals surface area contributed by atoms with Crippen molar-refractivity contribution in [3.63, 3.8) is 0 Å². The first-order valence-electron chi connectivity index (χ1n) is 2.54. The third-order valence-electron chi connectivity index (χ3n) is 0.468. The molecule has 0 aliphatic carbocycles. The van der Waals surface area contributed by atoms with Gasteiger partial charge in [0.05, 0.1) is 0 Å². The van der Waals surface area contributed by atoms with E-state index in [0.717, 1.165) is 0 Å². The molecule has 9 heteroatoms. The Balaban J connectivity index is 4.55. The molecule has 72 valence electrons. The van der Waals surface area contributed by atoms with E-state index in [1.807, 2.05) is 0 Å². The van der Waals surface area contributed by atoms with Gasteiger partial charge in [-0.05, 0) is 0 Å². The molecule has 0 amide bonds. The van der Waals surface area contributed by atoms with Crippen LogP contribution < -0.4 is 4.86 Å². The van der Waals surface area contributed by atoms with Gasteiger partial charge < -0.3 is 0 Å². The average molecular weight is 209 g/mol. The zero-order valence-electron chi connectivity index (χ0n) is 6.08. The summed E-state index contributed by atoms with van der Waals surface area (Å²) in [5.74, 6) is 0. The molecule has 0 aromatic rings. The molecule has 0 aromatic carbocycles. The summed E-state index contributed by atoms with van der Waals surface area (Å²) in [4.78, 5) is 53.2. The second-order valence-corrected chi connectivity index (χ2v) is 9.25. The molecule has 0 rings (SSSR count). The summed E-state index contributed by atoms with van der Waals surface area (Å²) in [6.45, 7) is 1.11. The van der Waals surface area contributed by atoms with Crippen molar-refractivity contribution < 1.29 is 29.4 Å². The van der Waals surface area contributed by atoms with E-state index in [1.165, 1.54) is 4.86 Å². The van der Waals surface area contributed by atoms with Gasteiger partial charge in [-0.3, -0.25) is 0 Å². The number of nitrogens with one attached hydrogen (secondary N) is 1. The number of hydrogen-bond donors (Lipinski definition) is 7.